The average molecular weight is 333 g/mol. The smallest absolute Gasteiger partial charge is 0.265 e. The van der Waals surface area contributed by atoms with E-state index in [4.69, 9.17) is 5.73 Å². The van der Waals surface area contributed by atoms with Crippen LogP contribution >= 0.6 is 34.9 Å². The molecule has 0 radical (unpaired) electrons. The fourth-order valence-corrected chi connectivity index (χ4v) is 5.26. The van der Waals surface area contributed by atoms with E-state index in [0.717, 1.165) is 17.4 Å². The number of nitrogens with one attached hydrogen (secondary N) is 1. The van der Waals surface area contributed by atoms with Gasteiger partial charge in [0.2, 0.25) is 0 Å². The lowest BCUT2D eigenvalue weighted by molar-refractivity contribution is 0.0959. The van der Waals surface area contributed by atoms with E-state index in [9.17, 15) is 4.79 Å². The van der Waals surface area contributed by atoms with E-state index in [1.165, 1.54) is 22.8 Å². The topological polar surface area (TPSA) is 71.2 Å². The zero-order valence-electron chi connectivity index (χ0n) is 11.7. The predicted molar refractivity (Wildman–Crippen MR) is 91.4 cm³/mol. The molecule has 2 heterocycles. The van der Waals surface area contributed by atoms with Gasteiger partial charge >= 0.3 is 0 Å². The van der Waals surface area contributed by atoms with Crippen molar-refractivity contribution < 1.29 is 4.79 Å². The van der Waals surface area contributed by atoms with E-state index in [1.807, 2.05) is 42.4 Å². The summed E-state index contributed by atoms with van der Waals surface area (Å²) in [5, 5.41) is 4.27. The molecule has 1 aliphatic heterocycles. The molecule has 3 N–H and O–H groups in total. The first-order chi connectivity index (χ1) is 9.61. The summed E-state index contributed by atoms with van der Waals surface area (Å²) in [6, 6.07) is 0. The number of anilines is 2. The van der Waals surface area contributed by atoms with Crippen molar-refractivity contribution in [2.75, 3.05) is 48.0 Å². The summed E-state index contributed by atoms with van der Waals surface area (Å²) in [5.41, 5.74) is 5.85. The molecular weight excluding hydrogens is 312 g/mol. The van der Waals surface area contributed by atoms with Crippen molar-refractivity contribution in [2.45, 2.75) is 12.2 Å². The zero-order chi connectivity index (χ0) is 14.5. The molecule has 1 unspecified atom stereocenters. The number of carbonyl (C=O) groups is 1. The van der Waals surface area contributed by atoms with Crippen LogP contribution < -0.4 is 16.0 Å². The molecule has 1 fully saturated rings. The highest BCUT2D eigenvalue weighted by molar-refractivity contribution is 8.06. The third-order valence-electron chi connectivity index (χ3n) is 3.02. The minimum Gasteiger partial charge on any atom is -0.382 e. The molecular formula is C12H20N4OS3. The van der Waals surface area contributed by atoms with Gasteiger partial charge in [0.05, 0.1) is 0 Å². The van der Waals surface area contributed by atoms with Gasteiger partial charge in [0.1, 0.15) is 10.7 Å². The number of nitrogen functional groups attached to an aromatic ring is 1. The number of amides is 1. The number of hydrogen-bond donors (Lipinski definition) is 2. The highest BCUT2D eigenvalue weighted by Gasteiger charge is 2.20. The molecule has 1 aromatic rings. The first-order valence-electron chi connectivity index (χ1n) is 6.56. The predicted octanol–water partition coefficient (Wildman–Crippen LogP) is 1.76. The molecule has 2 rings (SSSR count). The molecule has 0 spiro atoms. The van der Waals surface area contributed by atoms with E-state index in [1.54, 1.807) is 0 Å². The van der Waals surface area contributed by atoms with Gasteiger partial charge in [-0.15, -0.1) is 0 Å². The summed E-state index contributed by atoms with van der Waals surface area (Å²) in [6.45, 7) is 3.58. The summed E-state index contributed by atoms with van der Waals surface area (Å²) in [4.78, 5) is 18.9. The summed E-state index contributed by atoms with van der Waals surface area (Å²) in [6.07, 6.45) is 0. The Hall–Kier alpha value is -0.600. The Kier molecular flexibility index (Phi) is 5.86. The summed E-state index contributed by atoms with van der Waals surface area (Å²) >= 11 is 5.24. The Morgan fingerprint density at radius 2 is 2.35 bits per heavy atom. The number of thioether (sulfide) groups is 2. The molecule has 0 aromatic carbocycles. The van der Waals surface area contributed by atoms with Crippen LogP contribution in [0, 0.1) is 0 Å². The summed E-state index contributed by atoms with van der Waals surface area (Å²) < 4.78 is 0. The van der Waals surface area contributed by atoms with Crippen LogP contribution in [0.3, 0.4) is 0 Å². The van der Waals surface area contributed by atoms with E-state index in [0.29, 0.717) is 22.5 Å². The monoisotopic (exact) mass is 332 g/mol. The first kappa shape index (κ1) is 15.8. The van der Waals surface area contributed by atoms with Crippen molar-refractivity contribution >= 4 is 51.7 Å². The van der Waals surface area contributed by atoms with Gasteiger partial charge in [0, 0.05) is 42.6 Å². The van der Waals surface area contributed by atoms with Crippen molar-refractivity contribution in [3.05, 3.63) is 4.88 Å². The molecule has 5 nitrogen and oxygen atoms in total. The van der Waals surface area contributed by atoms with Gasteiger partial charge in [0.25, 0.3) is 5.91 Å². The molecule has 1 aromatic heterocycles. The van der Waals surface area contributed by atoms with Gasteiger partial charge in [-0.25, -0.2) is 4.98 Å². The van der Waals surface area contributed by atoms with Crippen molar-refractivity contribution in [1.29, 1.82) is 0 Å². The lowest BCUT2D eigenvalue weighted by Gasteiger charge is -2.20. The van der Waals surface area contributed by atoms with Gasteiger partial charge in [-0.3, -0.25) is 4.79 Å². The van der Waals surface area contributed by atoms with E-state index >= 15 is 0 Å². The van der Waals surface area contributed by atoms with Crippen molar-refractivity contribution in [3.8, 4) is 0 Å². The maximum atomic E-state index is 12.2. The summed E-state index contributed by atoms with van der Waals surface area (Å²) in [5.74, 6) is 3.70. The highest BCUT2D eigenvalue weighted by atomic mass is 32.2. The molecule has 0 bridgehead atoms. The standard InChI is InChI=1S/C12H20N4OS3/c1-3-16(2)12-15-10(13)9(20-12)11(17)14-6-8-7-18-4-5-19-8/h8H,3-7,13H2,1-2H3,(H,14,17). The van der Waals surface area contributed by atoms with Crippen LogP contribution in [0.25, 0.3) is 0 Å². The van der Waals surface area contributed by atoms with Gasteiger partial charge in [-0.05, 0) is 6.92 Å². The van der Waals surface area contributed by atoms with Gasteiger partial charge in [-0.2, -0.15) is 23.5 Å². The number of thiazole rings is 1. The van der Waals surface area contributed by atoms with Crippen LogP contribution in [-0.2, 0) is 0 Å². The normalized spacial score (nSPS) is 18.8. The number of nitrogens with zero attached hydrogens (tertiary/aromatic N) is 2. The van der Waals surface area contributed by atoms with Crippen LogP contribution in [0.15, 0.2) is 0 Å². The van der Waals surface area contributed by atoms with Crippen LogP contribution in [0.4, 0.5) is 10.9 Å². The molecule has 0 aliphatic carbocycles. The number of nitrogens with two attached hydrogens (primary N) is 1. The quantitative estimate of drug-likeness (QED) is 0.856. The Bertz CT molecular complexity index is 460. The number of aromatic nitrogens is 1. The third kappa shape index (κ3) is 3.95. The molecule has 112 valence electrons. The Labute approximate surface area is 132 Å². The Morgan fingerprint density at radius 3 is 3.00 bits per heavy atom. The van der Waals surface area contributed by atoms with Crippen molar-refractivity contribution in [1.82, 2.24) is 10.3 Å². The number of rotatable bonds is 5. The fraction of sp³-hybridized carbons (Fsp3) is 0.667. The van der Waals surface area contributed by atoms with Crippen LogP contribution in [-0.4, -0.2) is 53.5 Å². The molecule has 1 aliphatic rings. The maximum Gasteiger partial charge on any atom is 0.265 e. The second-order valence-electron chi connectivity index (χ2n) is 4.50. The Morgan fingerprint density at radius 1 is 1.55 bits per heavy atom. The van der Waals surface area contributed by atoms with E-state index in [-0.39, 0.29) is 5.91 Å². The van der Waals surface area contributed by atoms with Crippen LogP contribution in [0.1, 0.15) is 16.6 Å². The fourth-order valence-electron chi connectivity index (χ4n) is 1.72. The van der Waals surface area contributed by atoms with Crippen LogP contribution in [0.5, 0.6) is 0 Å². The maximum absolute atomic E-state index is 12.2. The molecule has 0 saturated carbocycles. The average Bonchev–Trinajstić information content (AvgIpc) is 2.87. The highest BCUT2D eigenvalue weighted by Crippen LogP contribution is 2.27. The second-order valence-corrected chi connectivity index (χ2v) is 8.04. The molecule has 1 saturated heterocycles. The van der Waals surface area contributed by atoms with Gasteiger partial charge in [-0.1, -0.05) is 11.3 Å². The SMILES string of the molecule is CCN(C)c1nc(N)c(C(=O)NCC2CSCCS2)s1. The lowest BCUT2D eigenvalue weighted by Crippen LogP contribution is -2.33. The van der Waals surface area contributed by atoms with Crippen molar-refractivity contribution in [2.24, 2.45) is 0 Å². The lowest BCUT2D eigenvalue weighted by atomic mass is 10.4. The van der Waals surface area contributed by atoms with Crippen LogP contribution in [0.2, 0.25) is 0 Å². The molecule has 1 atom stereocenters. The molecule has 20 heavy (non-hydrogen) atoms. The van der Waals surface area contributed by atoms with Crippen molar-refractivity contribution in [3.63, 3.8) is 0 Å². The minimum atomic E-state index is -0.105. The summed E-state index contributed by atoms with van der Waals surface area (Å²) in [7, 11) is 1.94. The van der Waals surface area contributed by atoms with Gasteiger partial charge < -0.3 is 16.0 Å². The second kappa shape index (κ2) is 7.42. The molecule has 1 amide bonds. The first-order valence-corrected chi connectivity index (χ1v) is 9.58. The van der Waals surface area contributed by atoms with E-state index < -0.39 is 0 Å². The largest absolute Gasteiger partial charge is 0.382 e. The minimum absolute atomic E-state index is 0.105. The Balaban J connectivity index is 1.93. The van der Waals surface area contributed by atoms with E-state index in [2.05, 4.69) is 10.3 Å². The molecule has 8 heteroatoms. The number of hydrogen-bond acceptors (Lipinski definition) is 7. The zero-order valence-corrected chi connectivity index (χ0v) is 14.2. The third-order valence-corrected chi connectivity index (χ3v) is 7.05. The van der Waals surface area contributed by atoms with Gasteiger partial charge in [0.15, 0.2) is 5.13 Å². The number of carbonyl (C=O) groups excluding carboxylic acids is 1.